The number of hydrogen-bond acceptors (Lipinski definition) is 58. The van der Waals surface area contributed by atoms with Crippen LogP contribution in [0.15, 0.2) is 34.1 Å². The maximum atomic E-state index is 12.7. The van der Waals surface area contributed by atoms with Crippen LogP contribution in [0.2, 0.25) is 0 Å². The monoisotopic (exact) mass is 2250 g/mol. The van der Waals surface area contributed by atoms with Gasteiger partial charge in [0.05, 0.1) is 114 Å². The molecule has 0 saturated carbocycles. The molecule has 33 atom stereocenters. The summed E-state index contributed by atoms with van der Waals surface area (Å²) in [5.41, 5.74) is 17.8. The van der Waals surface area contributed by atoms with E-state index in [-0.39, 0.29) is 223 Å². The van der Waals surface area contributed by atoms with Crippen molar-refractivity contribution in [1.82, 2.24) is 55.1 Å². The van der Waals surface area contributed by atoms with Gasteiger partial charge < -0.3 is 243 Å². The standard InChI is InChI=1S/C21H32N5O17P.C20H32N5O16P.C15H28N2O9.C10H21NO5.2C2H5NOS.2C2H6.5Na/c22-11-1-2-26(20(37)24-11)18-16(34)15(33)10(41-18)6-40-44(38,39)43-21(19(35)36)3-8(29)13(25-12(31)4-23-7-28)17(42-21)14(32)9(30)5-27;21-4-11(29)24-12-7(27)3-20(18(33)34,40-16(12)13(30)8(28)5-26)41-42(36,37)38-6-9-14(31)15(32)17(39-9)25-2-1-10(22)23-19(25)35;1-16-6-10(22)17-11-8(20)5-15(14(24)25,3-2-4-18)26-13(11)12(23)9(21)7-19;11-8-6(3-1-2-4-12)16-7(5-13)9(14)10(8)15;2*1-2(4)3-5;2*1-2;;;;;/h1-2,7-10,13-18,27,29-30,32-34H,3-6H2,(H,23,28)(H,25,31)(H,35,36)(H,38,39)(H2,22,24,37);1-2,7-9,12-17,26-28,30-32H,3-6,21H2,(H,24,29)(H,33,34)(H,36,37)(H2,22,23,35);8-9,11-13,16,18-21,23H,2-7H2,1H3,(H,17,22)(H,24,25);6-10,12-15H,1-5,11H2;2*5H,1H3,(H,3,4);2*1-2H3;;;;;/q;;;;;;;;5*+1/p-5/t8?,9-,10?,13?,14-,15?,16?,17?,18?,21?;7?,8-,9?,12?,13-,14?,15?,16?,17?,20?;8?,9-,11?,12-,13?,15?;;;;;;;;;;/m111........../s1. The molecule has 6 aliphatic heterocycles. The number of aliphatic carboxylic acids is 3. The number of unbranched alkanes of at least 4 members (excludes halogenated alkanes) is 1. The largest absolute Gasteiger partial charge is 1.00 e. The van der Waals surface area contributed by atoms with E-state index in [2.05, 4.69) is 84.4 Å². The molecular weight excluding hydrogens is 2120 g/mol. The quantitative estimate of drug-likeness (QED) is 0.00966. The number of phosphoric acid groups is 2. The van der Waals surface area contributed by atoms with Crippen molar-refractivity contribution >= 4 is 107 Å². The van der Waals surface area contributed by atoms with Crippen molar-refractivity contribution in [3.05, 3.63) is 45.5 Å². The summed E-state index contributed by atoms with van der Waals surface area (Å²) in [6.07, 6.45) is -39.4. The second-order valence-corrected chi connectivity index (χ2v) is 34.0. The van der Waals surface area contributed by atoms with E-state index < -0.39 is 310 Å². The van der Waals surface area contributed by atoms with Crippen molar-refractivity contribution in [3.8, 4) is 0 Å². The van der Waals surface area contributed by atoms with Crippen molar-refractivity contribution in [2.45, 2.75) is 281 Å². The Hall–Kier alpha value is -2.69. The number of hydrogen-bond donors (Lipinski definition) is 34. The number of thiol groups is 2. The molecule has 0 radical (unpaired) electrons. The third kappa shape index (κ3) is 47.2. The second-order valence-electron chi connectivity index (χ2n) is 30.8. The fourth-order valence-corrected chi connectivity index (χ4v) is 15.6. The van der Waals surface area contributed by atoms with E-state index in [4.69, 9.17) is 71.8 Å². The zero-order chi connectivity index (χ0) is 109. The normalized spacial score (nSPS) is 30.1. The first-order valence-electron chi connectivity index (χ1n) is 43.0. The minimum Gasteiger partial charge on any atom is -0.756 e. The number of rotatable bonds is 41. The number of nitrogens with one attached hydrogen (secondary N) is 7. The van der Waals surface area contributed by atoms with Crippen LogP contribution in [0.25, 0.3) is 0 Å². The van der Waals surface area contributed by atoms with Gasteiger partial charge in [0.1, 0.15) is 139 Å². The number of aliphatic hydroxyl groups excluding tert-OH is 21. The van der Waals surface area contributed by atoms with Crippen molar-refractivity contribution in [1.29, 1.82) is 0 Å². The first kappa shape index (κ1) is 153. The molecule has 6 amide bonds. The maximum absolute atomic E-state index is 12.7. The predicted octanol–water partition coefficient (Wildman–Crippen LogP) is -37.0. The molecule has 73 heteroatoms. The Morgan fingerprint density at radius 2 is 0.878 bits per heavy atom. The third-order valence-electron chi connectivity index (χ3n) is 20.7. The van der Waals surface area contributed by atoms with Crippen LogP contribution in [-0.4, -0.2) is 435 Å². The average molecular weight is 2250 g/mol. The number of likely N-dealkylation sites (N-methyl/N-ethyl adjacent to an activating group) is 1. The van der Waals surface area contributed by atoms with Crippen LogP contribution < -0.4 is 243 Å². The van der Waals surface area contributed by atoms with Gasteiger partial charge in [-0.3, -0.25) is 56.1 Å². The molecule has 6 fully saturated rings. The van der Waals surface area contributed by atoms with Gasteiger partial charge >= 0.3 is 159 Å². The van der Waals surface area contributed by atoms with Gasteiger partial charge in [0, 0.05) is 58.7 Å². The summed E-state index contributed by atoms with van der Waals surface area (Å²) in [5, 5.41) is 254. The smallest absolute Gasteiger partial charge is 0.756 e. The number of carboxylic acids is 3. The summed E-state index contributed by atoms with van der Waals surface area (Å²) < 4.78 is 81.4. The molecule has 64 nitrogen and oxygen atoms in total. The molecule has 27 unspecified atom stereocenters. The average Bonchev–Trinajstić information content (AvgIpc) is 1.28. The van der Waals surface area contributed by atoms with E-state index in [9.17, 15) is 174 Å². The third-order valence-corrected chi connectivity index (χ3v) is 23.3. The van der Waals surface area contributed by atoms with Crippen LogP contribution in [-0.2, 0) is 98.8 Å². The van der Waals surface area contributed by atoms with E-state index in [1.165, 1.54) is 33.0 Å². The number of aliphatic hydroxyl groups is 21. The number of aromatic nitrogens is 4. The molecule has 822 valence electrons. The van der Waals surface area contributed by atoms with Gasteiger partial charge in [-0.2, -0.15) is 9.97 Å². The zero-order valence-electron chi connectivity index (χ0n) is 82.2. The number of amides is 6. The molecule has 0 aliphatic carbocycles. The number of anilines is 2. The number of carboxylic acid groups (broad SMARTS) is 3. The molecule has 36 N–H and O–H groups in total. The van der Waals surface area contributed by atoms with Gasteiger partial charge in [-0.05, 0) is 51.3 Å². The first-order valence-corrected chi connectivity index (χ1v) is 46.8. The SMILES string of the molecule is CC.CC.CC(=O)NS.CC(=O)NS.CNCC(=O)NC1C(O)CC(CCCO)(C(=O)[O-])OC1[C@H](O)[C@H](O)CO.NC1C(CCCCO)OC(CO)C(O)C1O.NCC(=O)NC1C(O)CC(OP(=O)([O-])OCC2OC(n3ccc(N)nc3=O)C(O)C2O)(C(=O)[O-])OC1[C@H](O)[C@H](O)CO.Nc1ccn(C2OC(COP(=O)([O-])OC3(C(=O)[O-])CC(O)C(NC(=O)CNC=O)C([C@H](O)[C@H](O)CO)O3)C(O)C2O)c(=O)n1.[Na+].[Na+].[Na+].[Na+].[Na+]. The Morgan fingerprint density at radius 1 is 0.531 bits per heavy atom. The Kier molecular flexibility index (Phi) is 78.2. The van der Waals surface area contributed by atoms with Crippen LogP contribution in [0.3, 0.4) is 0 Å². The number of ether oxygens (including phenoxy) is 6. The van der Waals surface area contributed by atoms with Crippen molar-refractivity contribution in [2.24, 2.45) is 11.5 Å². The summed E-state index contributed by atoms with van der Waals surface area (Å²) in [4.78, 5) is 158. The Morgan fingerprint density at radius 3 is 1.19 bits per heavy atom. The summed E-state index contributed by atoms with van der Waals surface area (Å²) in [6, 6.07) is -2.98. The molecule has 0 bridgehead atoms. The number of nitrogen functional groups attached to an aromatic ring is 2. The fraction of sp³-hybridized carbons (Fsp3) is 0.770. The predicted molar refractivity (Wildman–Crippen MR) is 468 cm³/mol. The van der Waals surface area contributed by atoms with Crippen molar-refractivity contribution < 1.29 is 379 Å². The number of carbonyl (C=O) groups excluding carboxylic acids is 9. The molecule has 6 saturated heterocycles. The van der Waals surface area contributed by atoms with E-state index in [0.29, 0.717) is 12.8 Å². The molecule has 8 heterocycles. The topological polar surface area (TPSA) is 1080 Å². The van der Waals surface area contributed by atoms with E-state index >= 15 is 0 Å². The Bertz CT molecular complexity index is 4430. The Balaban J connectivity index is -0.000000602. The maximum Gasteiger partial charge on any atom is 1.00 e. The van der Waals surface area contributed by atoms with Gasteiger partial charge in [-0.25, -0.2) is 9.59 Å². The molecule has 147 heavy (non-hydrogen) atoms. The summed E-state index contributed by atoms with van der Waals surface area (Å²) in [7, 11) is -10.2. The molecular formula is C74H130N15Na5O49P2S2. The molecule has 0 spiro atoms. The van der Waals surface area contributed by atoms with E-state index in [0.717, 1.165) is 27.9 Å². The van der Waals surface area contributed by atoms with Gasteiger partial charge in [0.25, 0.3) is 15.6 Å². The van der Waals surface area contributed by atoms with Crippen LogP contribution in [0.4, 0.5) is 11.6 Å². The summed E-state index contributed by atoms with van der Waals surface area (Å²) in [5.74, 6) is -16.4. The minimum atomic E-state index is -5.87. The number of carbonyl (C=O) groups is 9. The van der Waals surface area contributed by atoms with E-state index in [1.807, 2.05) is 33.0 Å². The second kappa shape index (κ2) is 75.3. The molecule has 6 aliphatic rings. The van der Waals surface area contributed by atoms with Gasteiger partial charge in [-0.1, -0.05) is 53.3 Å². The van der Waals surface area contributed by atoms with E-state index in [1.54, 1.807) is 0 Å². The molecule has 2 aromatic rings. The molecule has 8 rings (SSSR count). The molecule has 2 aromatic heterocycles. The Labute approximate surface area is 960 Å². The van der Waals surface area contributed by atoms with Crippen LogP contribution >= 0.6 is 41.3 Å². The summed E-state index contributed by atoms with van der Waals surface area (Å²) >= 11 is 6.83. The summed E-state index contributed by atoms with van der Waals surface area (Å²) in [6.45, 7) is 3.51. The number of nitrogens with two attached hydrogens (primary N) is 4. The van der Waals surface area contributed by atoms with Gasteiger partial charge in [-0.15, -0.1) is 0 Å². The zero-order valence-corrected chi connectivity index (χ0v) is 95.8. The van der Waals surface area contributed by atoms with Gasteiger partial charge in [0.15, 0.2) is 12.5 Å². The van der Waals surface area contributed by atoms with Crippen molar-refractivity contribution in [2.75, 3.05) is 91.0 Å². The van der Waals surface area contributed by atoms with Crippen LogP contribution in [0.1, 0.15) is 105 Å². The molecule has 0 aromatic carbocycles. The minimum absolute atomic E-state index is 0. The fourth-order valence-electron chi connectivity index (χ4n) is 13.7. The first-order chi connectivity index (χ1) is 66.5. The van der Waals surface area contributed by atoms with Crippen molar-refractivity contribution in [3.63, 3.8) is 0 Å². The number of nitrogens with zero attached hydrogens (tertiary/aromatic N) is 4. The van der Waals surface area contributed by atoms with Crippen LogP contribution in [0, 0.1) is 0 Å². The van der Waals surface area contributed by atoms with Gasteiger partial charge in [0.2, 0.25) is 47.5 Å². The number of phosphoric ester groups is 2. The van der Waals surface area contributed by atoms with Crippen LogP contribution in [0.5, 0.6) is 0 Å².